The lowest BCUT2D eigenvalue weighted by atomic mass is 10.1. The molecule has 0 aliphatic carbocycles. The van der Waals surface area contributed by atoms with E-state index < -0.39 is 6.10 Å². The number of aromatic nitrogens is 2. The maximum absolute atomic E-state index is 9.81. The highest BCUT2D eigenvalue weighted by Crippen LogP contribution is 2.28. The molecule has 0 amide bonds. The molecule has 0 saturated carbocycles. The molecule has 2 atom stereocenters. The summed E-state index contributed by atoms with van der Waals surface area (Å²) in [5, 5.41) is 9.81. The first-order chi connectivity index (χ1) is 13.0. The van der Waals surface area contributed by atoms with E-state index in [0.29, 0.717) is 6.42 Å². The molecule has 0 fully saturated rings. The Kier molecular flexibility index (Phi) is 6.04. The number of aliphatic hydroxyl groups excluding tert-OH is 1. The molecule has 0 radical (unpaired) electrons. The summed E-state index contributed by atoms with van der Waals surface area (Å²) in [6.45, 7) is 1.76. The van der Waals surface area contributed by atoms with Crippen LogP contribution in [0.15, 0.2) is 67.0 Å². The summed E-state index contributed by atoms with van der Waals surface area (Å²) in [5.74, 6) is 1.67. The maximum Gasteiger partial charge on any atom is 0.128 e. The molecule has 3 rings (SSSR count). The number of hydrogen-bond donors (Lipinski definition) is 1. The van der Waals surface area contributed by atoms with E-state index in [4.69, 9.17) is 4.74 Å². The zero-order valence-electron chi connectivity index (χ0n) is 15.9. The highest BCUT2D eigenvalue weighted by atomic mass is 16.5. The van der Waals surface area contributed by atoms with E-state index in [1.807, 2.05) is 73.6 Å². The van der Waals surface area contributed by atoms with Crippen LogP contribution in [-0.2, 0) is 0 Å². The first kappa shape index (κ1) is 18.9. The van der Waals surface area contributed by atoms with Crippen molar-refractivity contribution in [2.75, 3.05) is 19.0 Å². The topological polar surface area (TPSA) is 58.5 Å². The van der Waals surface area contributed by atoms with Crippen LogP contribution in [0.5, 0.6) is 5.75 Å². The zero-order valence-corrected chi connectivity index (χ0v) is 15.9. The molecular weight excluding hydrogens is 338 g/mol. The monoisotopic (exact) mass is 363 g/mol. The average molecular weight is 363 g/mol. The van der Waals surface area contributed by atoms with Crippen molar-refractivity contribution < 1.29 is 9.84 Å². The Morgan fingerprint density at radius 1 is 1.04 bits per heavy atom. The van der Waals surface area contributed by atoms with Crippen LogP contribution in [0, 0.1) is 0 Å². The van der Waals surface area contributed by atoms with Crippen LogP contribution in [-0.4, -0.2) is 35.3 Å². The van der Waals surface area contributed by atoms with Crippen LogP contribution in [0.2, 0.25) is 0 Å². The summed E-state index contributed by atoms with van der Waals surface area (Å²) in [5.41, 5.74) is 2.89. The van der Waals surface area contributed by atoms with Gasteiger partial charge in [0.1, 0.15) is 17.7 Å². The van der Waals surface area contributed by atoms with Gasteiger partial charge in [0.15, 0.2) is 0 Å². The van der Waals surface area contributed by atoms with E-state index in [-0.39, 0.29) is 6.10 Å². The maximum atomic E-state index is 9.81. The highest BCUT2D eigenvalue weighted by Gasteiger charge is 2.16. The summed E-state index contributed by atoms with van der Waals surface area (Å²) < 4.78 is 6.14. The van der Waals surface area contributed by atoms with Crippen molar-refractivity contribution in [3.8, 4) is 17.0 Å². The predicted octanol–water partition coefficient (Wildman–Crippen LogP) is 4.10. The van der Waals surface area contributed by atoms with Gasteiger partial charge in [-0.2, -0.15) is 0 Å². The Balaban J connectivity index is 1.79. The lowest BCUT2D eigenvalue weighted by molar-refractivity contribution is 0.106. The molecule has 3 aromatic rings. The molecule has 0 spiro atoms. The quantitative estimate of drug-likeness (QED) is 0.685. The van der Waals surface area contributed by atoms with Gasteiger partial charge < -0.3 is 14.7 Å². The van der Waals surface area contributed by atoms with E-state index in [9.17, 15) is 5.11 Å². The van der Waals surface area contributed by atoms with Gasteiger partial charge in [-0.1, -0.05) is 12.1 Å². The standard InChI is InChI=1S/C22H25N3O2/c1-16(26)14-21(18-6-5-13-23-15-18)27-19-11-9-17(10-12-19)20-7-4-8-22(24-20)25(2)3/h4-13,15-16,21,26H,14H2,1-3H3/t16-,21?/m1/s1. The smallest absolute Gasteiger partial charge is 0.128 e. The minimum atomic E-state index is -0.465. The Bertz CT molecular complexity index is 849. The number of benzene rings is 1. The van der Waals surface area contributed by atoms with E-state index in [1.165, 1.54) is 0 Å². The second-order valence-corrected chi connectivity index (χ2v) is 6.78. The Morgan fingerprint density at radius 3 is 2.44 bits per heavy atom. The Hall–Kier alpha value is -2.92. The number of nitrogens with zero attached hydrogens (tertiary/aromatic N) is 3. The summed E-state index contributed by atoms with van der Waals surface area (Å²) in [6.07, 6.45) is 3.29. The number of rotatable bonds is 7. The molecule has 0 bridgehead atoms. The van der Waals surface area contributed by atoms with Crippen LogP contribution in [0.1, 0.15) is 25.0 Å². The molecule has 2 heterocycles. The fourth-order valence-electron chi connectivity index (χ4n) is 2.83. The van der Waals surface area contributed by atoms with Crippen LogP contribution in [0.25, 0.3) is 11.3 Å². The van der Waals surface area contributed by atoms with E-state index in [0.717, 1.165) is 28.4 Å². The van der Waals surface area contributed by atoms with Gasteiger partial charge in [-0.25, -0.2) is 4.98 Å². The molecule has 1 N–H and O–H groups in total. The van der Waals surface area contributed by atoms with Crippen molar-refractivity contribution in [1.82, 2.24) is 9.97 Å². The number of ether oxygens (including phenoxy) is 1. The molecule has 1 aromatic carbocycles. The van der Waals surface area contributed by atoms with Crippen molar-refractivity contribution in [2.24, 2.45) is 0 Å². The lowest BCUT2D eigenvalue weighted by Gasteiger charge is -2.21. The van der Waals surface area contributed by atoms with Crippen molar-refractivity contribution in [2.45, 2.75) is 25.6 Å². The van der Waals surface area contributed by atoms with Gasteiger partial charge in [0.25, 0.3) is 0 Å². The molecule has 27 heavy (non-hydrogen) atoms. The van der Waals surface area contributed by atoms with Gasteiger partial charge in [-0.05, 0) is 49.4 Å². The molecule has 140 valence electrons. The van der Waals surface area contributed by atoms with E-state index >= 15 is 0 Å². The summed E-state index contributed by atoms with van der Waals surface area (Å²) in [6, 6.07) is 17.7. The summed E-state index contributed by atoms with van der Waals surface area (Å²) in [7, 11) is 3.95. The molecule has 1 unspecified atom stereocenters. The molecule has 0 aliphatic heterocycles. The Labute approximate surface area is 160 Å². The third-order valence-corrected chi connectivity index (χ3v) is 4.23. The molecule has 2 aromatic heterocycles. The van der Waals surface area contributed by atoms with Gasteiger partial charge in [-0.3, -0.25) is 4.98 Å². The number of anilines is 1. The highest BCUT2D eigenvalue weighted by molar-refractivity contribution is 5.62. The fraction of sp³-hybridized carbons (Fsp3) is 0.273. The van der Waals surface area contributed by atoms with Crippen molar-refractivity contribution >= 4 is 5.82 Å². The van der Waals surface area contributed by atoms with Crippen molar-refractivity contribution in [3.05, 3.63) is 72.6 Å². The van der Waals surface area contributed by atoms with Crippen molar-refractivity contribution in [3.63, 3.8) is 0 Å². The lowest BCUT2D eigenvalue weighted by Crippen LogP contribution is -2.14. The SMILES string of the molecule is C[C@@H](O)CC(Oc1ccc(-c2cccc(N(C)C)n2)cc1)c1cccnc1. The van der Waals surface area contributed by atoms with Crippen LogP contribution in [0.4, 0.5) is 5.82 Å². The Morgan fingerprint density at radius 2 is 1.81 bits per heavy atom. The number of hydrogen-bond acceptors (Lipinski definition) is 5. The van der Waals surface area contributed by atoms with Gasteiger partial charge in [-0.15, -0.1) is 0 Å². The summed E-state index contributed by atoms with van der Waals surface area (Å²) in [4.78, 5) is 10.8. The molecular formula is C22H25N3O2. The molecule has 5 nitrogen and oxygen atoms in total. The van der Waals surface area contributed by atoms with E-state index in [1.54, 1.807) is 19.3 Å². The predicted molar refractivity (Wildman–Crippen MR) is 108 cm³/mol. The third-order valence-electron chi connectivity index (χ3n) is 4.23. The first-order valence-electron chi connectivity index (χ1n) is 9.02. The molecule has 5 heteroatoms. The van der Waals surface area contributed by atoms with E-state index in [2.05, 4.69) is 9.97 Å². The molecule has 0 aliphatic rings. The first-order valence-corrected chi connectivity index (χ1v) is 9.02. The van der Waals surface area contributed by atoms with Crippen LogP contribution in [0.3, 0.4) is 0 Å². The number of pyridine rings is 2. The fourth-order valence-corrected chi connectivity index (χ4v) is 2.83. The largest absolute Gasteiger partial charge is 0.486 e. The van der Waals surface area contributed by atoms with Crippen LogP contribution < -0.4 is 9.64 Å². The molecule has 0 saturated heterocycles. The average Bonchev–Trinajstić information content (AvgIpc) is 2.68. The minimum absolute atomic E-state index is 0.250. The van der Waals surface area contributed by atoms with Gasteiger partial charge in [0, 0.05) is 44.0 Å². The van der Waals surface area contributed by atoms with Gasteiger partial charge in [0.05, 0.1) is 11.8 Å². The third kappa shape index (κ3) is 5.05. The second kappa shape index (κ2) is 8.64. The zero-order chi connectivity index (χ0) is 19.2. The van der Waals surface area contributed by atoms with Gasteiger partial charge in [0.2, 0.25) is 0 Å². The second-order valence-electron chi connectivity index (χ2n) is 6.78. The number of aliphatic hydroxyl groups is 1. The van der Waals surface area contributed by atoms with Gasteiger partial charge >= 0.3 is 0 Å². The summed E-state index contributed by atoms with van der Waals surface area (Å²) >= 11 is 0. The van der Waals surface area contributed by atoms with Crippen molar-refractivity contribution in [1.29, 1.82) is 0 Å². The minimum Gasteiger partial charge on any atom is -0.486 e. The normalized spacial score (nSPS) is 13.0. The van der Waals surface area contributed by atoms with Crippen LogP contribution >= 0.6 is 0 Å².